The number of amides is 1. The number of carbonyl (C=O) groups is 1. The quantitative estimate of drug-likeness (QED) is 0.709. The number of sulfone groups is 1. The zero-order valence-electron chi connectivity index (χ0n) is 15.5. The van der Waals surface area contributed by atoms with Crippen LogP contribution in [0.25, 0.3) is 10.2 Å². The summed E-state index contributed by atoms with van der Waals surface area (Å²) >= 11 is 1.44. The van der Waals surface area contributed by atoms with Crippen LogP contribution in [0.2, 0.25) is 0 Å². The van der Waals surface area contributed by atoms with Crippen LogP contribution < -0.4 is 5.32 Å². The minimum atomic E-state index is -3.02. The number of benzene rings is 2. The standard InChI is InChI=1S/C20H21N3O3S2/c1-14-7-8-16-17(13-14)27-20(21-16)22-19(24)18(15-5-3-2-4-6-15)23-9-11-28(25,26)12-10-23/h2-8,13,18H,9-12H2,1H3,(H,21,22,24). The second-order valence-electron chi connectivity index (χ2n) is 6.98. The lowest BCUT2D eigenvalue weighted by Crippen LogP contribution is -2.46. The highest BCUT2D eigenvalue weighted by molar-refractivity contribution is 7.91. The Bertz CT molecular complexity index is 1100. The van der Waals surface area contributed by atoms with Crippen molar-refractivity contribution in [2.24, 2.45) is 0 Å². The topological polar surface area (TPSA) is 79.4 Å². The number of aryl methyl sites for hydroxylation is 1. The minimum absolute atomic E-state index is 0.0734. The average molecular weight is 416 g/mol. The first-order chi connectivity index (χ1) is 13.4. The number of fused-ring (bicyclic) bond motifs is 1. The van der Waals surface area contributed by atoms with Gasteiger partial charge in [0.25, 0.3) is 0 Å². The number of aromatic nitrogens is 1. The van der Waals surface area contributed by atoms with Crippen LogP contribution in [0, 0.1) is 6.92 Å². The maximum Gasteiger partial charge on any atom is 0.248 e. The van der Waals surface area contributed by atoms with Gasteiger partial charge in [-0.15, -0.1) is 0 Å². The molecule has 1 unspecified atom stereocenters. The summed E-state index contributed by atoms with van der Waals surface area (Å²) in [6.45, 7) is 2.70. The molecule has 1 N–H and O–H groups in total. The lowest BCUT2D eigenvalue weighted by Gasteiger charge is -2.33. The van der Waals surface area contributed by atoms with Crippen molar-refractivity contribution in [1.29, 1.82) is 0 Å². The molecule has 6 nitrogen and oxygen atoms in total. The number of nitrogens with one attached hydrogen (secondary N) is 1. The first kappa shape index (κ1) is 19.0. The van der Waals surface area contributed by atoms with Crippen LogP contribution in [0.15, 0.2) is 48.5 Å². The van der Waals surface area contributed by atoms with Crippen molar-refractivity contribution in [2.75, 3.05) is 29.9 Å². The number of hydrogen-bond donors (Lipinski definition) is 1. The Balaban J connectivity index is 1.61. The smallest absolute Gasteiger partial charge is 0.248 e. The van der Waals surface area contributed by atoms with Gasteiger partial charge in [0.2, 0.25) is 5.91 Å². The largest absolute Gasteiger partial charge is 0.300 e. The van der Waals surface area contributed by atoms with Crippen LogP contribution in [-0.4, -0.2) is 48.8 Å². The van der Waals surface area contributed by atoms with Crippen molar-refractivity contribution < 1.29 is 13.2 Å². The summed E-state index contributed by atoms with van der Waals surface area (Å²) in [5.41, 5.74) is 2.84. The molecule has 4 rings (SSSR count). The predicted molar refractivity (Wildman–Crippen MR) is 112 cm³/mol. The number of thiazole rings is 1. The Labute approximate surface area is 168 Å². The van der Waals surface area contributed by atoms with Gasteiger partial charge in [-0.2, -0.15) is 0 Å². The molecule has 8 heteroatoms. The molecule has 0 aliphatic carbocycles. The highest BCUT2D eigenvalue weighted by Crippen LogP contribution is 2.29. The van der Waals surface area contributed by atoms with Crippen molar-refractivity contribution in [1.82, 2.24) is 9.88 Å². The number of rotatable bonds is 4. The zero-order chi connectivity index (χ0) is 19.7. The van der Waals surface area contributed by atoms with Gasteiger partial charge in [-0.25, -0.2) is 13.4 Å². The van der Waals surface area contributed by atoms with E-state index in [4.69, 9.17) is 0 Å². The zero-order valence-corrected chi connectivity index (χ0v) is 17.1. The molecule has 0 spiro atoms. The van der Waals surface area contributed by atoms with Crippen molar-refractivity contribution in [3.63, 3.8) is 0 Å². The van der Waals surface area contributed by atoms with E-state index < -0.39 is 15.9 Å². The molecule has 1 fully saturated rings. The maximum atomic E-state index is 13.2. The van der Waals surface area contributed by atoms with Crippen LogP contribution >= 0.6 is 11.3 Å². The molecule has 2 heterocycles. The first-order valence-electron chi connectivity index (χ1n) is 9.09. The lowest BCUT2D eigenvalue weighted by molar-refractivity contribution is -0.121. The third-order valence-electron chi connectivity index (χ3n) is 4.88. The Hall–Kier alpha value is -2.29. The number of carbonyl (C=O) groups excluding carboxylic acids is 1. The molecule has 1 amide bonds. The van der Waals surface area contributed by atoms with Crippen molar-refractivity contribution in [2.45, 2.75) is 13.0 Å². The molecule has 1 saturated heterocycles. The fraction of sp³-hybridized carbons (Fsp3) is 0.300. The van der Waals surface area contributed by atoms with Crippen LogP contribution in [0.5, 0.6) is 0 Å². The molecule has 1 atom stereocenters. The molecule has 1 aliphatic rings. The Morgan fingerprint density at radius 2 is 1.86 bits per heavy atom. The maximum absolute atomic E-state index is 13.2. The van der Waals surface area contributed by atoms with E-state index in [1.165, 1.54) is 11.3 Å². The van der Waals surface area contributed by atoms with Crippen LogP contribution in [-0.2, 0) is 14.6 Å². The van der Waals surface area contributed by atoms with E-state index in [0.29, 0.717) is 18.2 Å². The third kappa shape index (κ3) is 4.09. The molecule has 1 aromatic heterocycles. The number of hydrogen-bond acceptors (Lipinski definition) is 6. The van der Waals surface area contributed by atoms with Gasteiger partial charge in [0.1, 0.15) is 6.04 Å². The van der Waals surface area contributed by atoms with E-state index in [1.54, 1.807) is 0 Å². The third-order valence-corrected chi connectivity index (χ3v) is 7.42. The Kier molecular flexibility index (Phi) is 5.18. The average Bonchev–Trinajstić information content (AvgIpc) is 3.05. The molecular formula is C20H21N3O3S2. The number of nitrogens with zero attached hydrogens (tertiary/aromatic N) is 2. The first-order valence-corrected chi connectivity index (χ1v) is 11.7. The SMILES string of the molecule is Cc1ccc2nc(NC(=O)C(c3ccccc3)N3CCS(=O)(=O)CC3)sc2c1. The highest BCUT2D eigenvalue weighted by Gasteiger charge is 2.32. The van der Waals surface area contributed by atoms with Crippen molar-refractivity contribution in [3.8, 4) is 0 Å². The molecular weight excluding hydrogens is 394 g/mol. The summed E-state index contributed by atoms with van der Waals surface area (Å²) in [6.07, 6.45) is 0. The molecule has 28 heavy (non-hydrogen) atoms. The normalized spacial score (nSPS) is 18.0. The summed E-state index contributed by atoms with van der Waals surface area (Å²) in [4.78, 5) is 19.6. The van der Waals surface area contributed by atoms with E-state index in [-0.39, 0.29) is 17.4 Å². The fourth-order valence-electron chi connectivity index (χ4n) is 3.41. The van der Waals surface area contributed by atoms with E-state index in [1.807, 2.05) is 60.4 Å². The molecule has 3 aromatic rings. The van der Waals surface area contributed by atoms with Gasteiger partial charge in [-0.3, -0.25) is 9.69 Å². The van der Waals surface area contributed by atoms with Gasteiger partial charge in [0, 0.05) is 13.1 Å². The molecule has 0 bridgehead atoms. The Morgan fingerprint density at radius 3 is 2.57 bits per heavy atom. The summed E-state index contributed by atoms with van der Waals surface area (Å²) in [5.74, 6) is -0.0464. The monoisotopic (exact) mass is 415 g/mol. The van der Waals surface area contributed by atoms with E-state index in [9.17, 15) is 13.2 Å². The summed E-state index contributed by atoms with van der Waals surface area (Å²) in [5, 5.41) is 3.50. The summed E-state index contributed by atoms with van der Waals surface area (Å²) in [7, 11) is -3.02. The number of anilines is 1. The lowest BCUT2D eigenvalue weighted by atomic mass is 10.0. The second kappa shape index (κ2) is 7.62. The van der Waals surface area contributed by atoms with E-state index >= 15 is 0 Å². The van der Waals surface area contributed by atoms with Gasteiger partial charge in [-0.1, -0.05) is 47.7 Å². The van der Waals surface area contributed by atoms with Crippen molar-refractivity contribution >= 4 is 42.4 Å². The molecule has 146 valence electrons. The summed E-state index contributed by atoms with van der Waals surface area (Å²) < 4.78 is 24.6. The Morgan fingerprint density at radius 1 is 1.14 bits per heavy atom. The fourth-order valence-corrected chi connectivity index (χ4v) is 5.60. The van der Waals surface area contributed by atoms with Crippen LogP contribution in [0.4, 0.5) is 5.13 Å². The van der Waals surface area contributed by atoms with Gasteiger partial charge in [0.15, 0.2) is 15.0 Å². The van der Waals surface area contributed by atoms with E-state index in [2.05, 4.69) is 10.3 Å². The molecule has 2 aromatic carbocycles. The minimum Gasteiger partial charge on any atom is -0.300 e. The summed E-state index contributed by atoms with van der Waals surface area (Å²) in [6, 6.07) is 14.9. The molecule has 0 radical (unpaired) electrons. The predicted octanol–water partition coefficient (Wildman–Crippen LogP) is 3.01. The van der Waals surface area contributed by atoms with Crippen LogP contribution in [0.1, 0.15) is 17.2 Å². The highest BCUT2D eigenvalue weighted by atomic mass is 32.2. The van der Waals surface area contributed by atoms with Gasteiger partial charge >= 0.3 is 0 Å². The molecule has 1 aliphatic heterocycles. The van der Waals surface area contributed by atoms with Gasteiger partial charge in [-0.05, 0) is 30.2 Å². The van der Waals surface area contributed by atoms with Gasteiger partial charge in [0.05, 0.1) is 21.7 Å². The van der Waals surface area contributed by atoms with Crippen LogP contribution in [0.3, 0.4) is 0 Å². The van der Waals surface area contributed by atoms with Gasteiger partial charge < -0.3 is 5.32 Å². The van der Waals surface area contributed by atoms with E-state index in [0.717, 1.165) is 21.3 Å². The second-order valence-corrected chi connectivity index (χ2v) is 10.3. The van der Waals surface area contributed by atoms with Crippen molar-refractivity contribution in [3.05, 3.63) is 59.7 Å². The molecule has 0 saturated carbocycles.